The Balaban J connectivity index is 0.994. The highest BCUT2D eigenvalue weighted by Crippen LogP contribution is 2.54. The smallest absolute Gasteiger partial charge is 0.172 e. The lowest BCUT2D eigenvalue weighted by molar-refractivity contribution is -0.292. The summed E-state index contributed by atoms with van der Waals surface area (Å²) >= 11 is 0. The lowest BCUT2D eigenvalue weighted by Gasteiger charge is -2.47. The third-order valence-corrected chi connectivity index (χ3v) is 13.6. The van der Waals surface area contributed by atoms with Crippen molar-refractivity contribution in [1.29, 1.82) is 0 Å². The first-order chi connectivity index (χ1) is 23.7. The zero-order chi connectivity index (χ0) is 33.6. The van der Waals surface area contributed by atoms with Gasteiger partial charge in [0.2, 0.25) is 0 Å². The molecule has 10 aliphatic heterocycles. The van der Waals surface area contributed by atoms with Crippen molar-refractivity contribution in [3.05, 3.63) is 24.3 Å². The molecule has 49 heavy (non-hydrogen) atoms. The van der Waals surface area contributed by atoms with E-state index in [2.05, 4.69) is 27.0 Å². The lowest BCUT2D eigenvalue weighted by atomic mass is 9.81. The van der Waals surface area contributed by atoms with Crippen LogP contribution in [0, 0.1) is 11.8 Å². The molecule has 10 saturated heterocycles. The van der Waals surface area contributed by atoms with Crippen LogP contribution >= 0.6 is 0 Å². The van der Waals surface area contributed by atoms with E-state index in [-0.39, 0.29) is 103 Å². The number of ketones is 1. The van der Waals surface area contributed by atoms with Gasteiger partial charge in [0, 0.05) is 45.1 Å². The minimum Gasteiger partial charge on any atom is -0.378 e. The van der Waals surface area contributed by atoms with Gasteiger partial charge in [-0.25, -0.2) is 0 Å². The summed E-state index contributed by atoms with van der Waals surface area (Å²) in [7, 11) is 1.74. The first-order valence-corrected chi connectivity index (χ1v) is 19.4. The molecule has 0 aromatic heterocycles. The molecule has 0 saturated carbocycles. The van der Waals surface area contributed by atoms with Crippen LogP contribution < -0.4 is 0 Å². The average molecular weight is 685 g/mol. The fraction of sp³-hybridized carbons (Fsp3) is 0.872. The number of carbonyl (C=O) groups excluding carboxylic acids is 1. The second-order valence-corrected chi connectivity index (χ2v) is 16.7. The van der Waals surface area contributed by atoms with Gasteiger partial charge in [-0.1, -0.05) is 27.0 Å². The second-order valence-electron chi connectivity index (χ2n) is 16.7. The summed E-state index contributed by atoms with van der Waals surface area (Å²) in [4.78, 5) is 13.9. The van der Waals surface area contributed by atoms with Gasteiger partial charge in [0.1, 0.15) is 36.3 Å². The number of methoxy groups -OCH3 is 1. The first kappa shape index (κ1) is 33.6. The molecule has 10 heteroatoms. The molecule has 1 unspecified atom stereocenters. The summed E-state index contributed by atoms with van der Waals surface area (Å²) in [5, 5.41) is 0. The van der Waals surface area contributed by atoms with Crippen LogP contribution in [-0.2, 0) is 47.4 Å². The van der Waals surface area contributed by atoms with Crippen LogP contribution in [0.1, 0.15) is 97.3 Å². The molecular weight excluding hydrogens is 628 g/mol. The van der Waals surface area contributed by atoms with Gasteiger partial charge < -0.3 is 42.6 Å². The molecule has 10 heterocycles. The summed E-state index contributed by atoms with van der Waals surface area (Å²) in [5.74, 6) is -0.285. The third-order valence-electron chi connectivity index (χ3n) is 13.6. The monoisotopic (exact) mass is 684 g/mol. The molecule has 10 nitrogen and oxygen atoms in total. The minimum atomic E-state index is -0.750. The summed E-state index contributed by atoms with van der Waals surface area (Å²) in [6.07, 6.45) is 7.92. The fourth-order valence-corrected chi connectivity index (χ4v) is 11.1. The van der Waals surface area contributed by atoms with Gasteiger partial charge in [-0.15, -0.1) is 0 Å². The Kier molecular flexibility index (Phi) is 8.93. The molecule has 0 aromatic carbocycles. The van der Waals surface area contributed by atoms with Crippen molar-refractivity contribution >= 4 is 5.78 Å². The van der Waals surface area contributed by atoms with E-state index in [1.54, 1.807) is 7.11 Å². The van der Waals surface area contributed by atoms with Crippen molar-refractivity contribution in [2.24, 2.45) is 11.8 Å². The van der Waals surface area contributed by atoms with Crippen molar-refractivity contribution in [3.8, 4) is 0 Å². The van der Waals surface area contributed by atoms with Gasteiger partial charge in [0.25, 0.3) is 0 Å². The highest BCUT2D eigenvalue weighted by molar-refractivity contribution is 5.79. The van der Waals surface area contributed by atoms with Crippen LogP contribution in [0.5, 0.6) is 0 Å². The normalized spacial score (nSPS) is 54.2. The summed E-state index contributed by atoms with van der Waals surface area (Å²) in [5.41, 5.74) is 2.29. The number of carbonyl (C=O) groups is 1. The number of fused-ring (bicyclic) bond motifs is 6. The quantitative estimate of drug-likeness (QED) is 0.364. The lowest BCUT2D eigenvalue weighted by Crippen LogP contribution is -2.61. The minimum absolute atomic E-state index is 0.0218. The molecule has 12 bridgehead atoms. The number of rotatable bonds is 2. The molecule has 0 aliphatic carbocycles. The van der Waals surface area contributed by atoms with Gasteiger partial charge in [-0.05, 0) is 68.4 Å². The molecule has 10 aliphatic rings. The van der Waals surface area contributed by atoms with Crippen LogP contribution in [-0.4, -0.2) is 110 Å². The Bertz CT molecular complexity index is 1300. The molecule has 0 aromatic rings. The highest BCUT2D eigenvalue weighted by Gasteiger charge is 2.68. The predicted octanol–water partition coefficient (Wildman–Crippen LogP) is 5.14. The van der Waals surface area contributed by atoms with Gasteiger partial charge >= 0.3 is 0 Å². The van der Waals surface area contributed by atoms with E-state index < -0.39 is 5.79 Å². The highest BCUT2D eigenvalue weighted by atomic mass is 16.8. The van der Waals surface area contributed by atoms with Crippen LogP contribution in [0.3, 0.4) is 0 Å². The Morgan fingerprint density at radius 1 is 0.735 bits per heavy atom. The number of hydrogen-bond donors (Lipinski definition) is 0. The molecule has 10 rings (SSSR count). The fourth-order valence-electron chi connectivity index (χ4n) is 11.1. The number of ether oxygens (including phenoxy) is 9. The zero-order valence-corrected chi connectivity index (χ0v) is 29.5. The molecule has 272 valence electrons. The molecule has 0 N–H and O–H groups in total. The van der Waals surface area contributed by atoms with E-state index in [9.17, 15) is 4.79 Å². The maximum Gasteiger partial charge on any atom is 0.172 e. The molecule has 1 spiro atoms. The maximum atomic E-state index is 13.9. The van der Waals surface area contributed by atoms with Crippen molar-refractivity contribution in [2.45, 2.75) is 195 Å². The van der Waals surface area contributed by atoms with E-state index in [0.717, 1.165) is 63.4 Å². The number of Topliss-reactive ketones (excluding diaryl/α,β-unsaturated/α-hetero) is 1. The van der Waals surface area contributed by atoms with Crippen molar-refractivity contribution in [3.63, 3.8) is 0 Å². The van der Waals surface area contributed by atoms with E-state index in [1.807, 2.05) is 0 Å². The van der Waals surface area contributed by atoms with Crippen LogP contribution in [0.4, 0.5) is 0 Å². The van der Waals surface area contributed by atoms with Crippen LogP contribution in [0.2, 0.25) is 0 Å². The third kappa shape index (κ3) is 5.93. The Morgan fingerprint density at radius 2 is 1.49 bits per heavy atom. The Labute approximate surface area is 290 Å². The standard InChI is InChI=1S/C39H56O10/c1-6-27-33(41-5)26-16-22(40)15-24-8-10-29-34(44-24)38-37-36(46-29)35-32(47-37)18-39(48-35,49-38)12-11-25-14-20(3)28(42-25)9-7-23-13-19(2)21(4)30(43-23)17-31(26)45-27/h19,23-38H,3-4,6-18H2,1-2,5H3/t19-,23+,24-,25+,26+,27-,28+,29+,30-,31+,32-,33-,34?,35+,36+,37-,38+,39+/m1/s1. The van der Waals surface area contributed by atoms with Crippen molar-refractivity contribution in [1.82, 2.24) is 0 Å². The second kappa shape index (κ2) is 13.0. The summed E-state index contributed by atoms with van der Waals surface area (Å²) < 4.78 is 60.0. The molecule has 18 atom stereocenters. The van der Waals surface area contributed by atoms with Gasteiger partial charge in [0.15, 0.2) is 5.79 Å². The summed E-state index contributed by atoms with van der Waals surface area (Å²) in [6, 6.07) is 0. The van der Waals surface area contributed by atoms with Crippen molar-refractivity contribution < 1.29 is 47.4 Å². The molecule has 10 fully saturated rings. The van der Waals surface area contributed by atoms with Gasteiger partial charge in [-0.3, -0.25) is 4.79 Å². The molecule has 0 radical (unpaired) electrons. The predicted molar refractivity (Wildman–Crippen MR) is 177 cm³/mol. The van der Waals surface area contributed by atoms with Crippen LogP contribution in [0.15, 0.2) is 24.3 Å². The van der Waals surface area contributed by atoms with E-state index in [1.165, 1.54) is 5.57 Å². The van der Waals surface area contributed by atoms with Crippen molar-refractivity contribution in [2.75, 3.05) is 7.11 Å². The topological polar surface area (TPSA) is 100 Å². The summed E-state index contributed by atoms with van der Waals surface area (Å²) in [6.45, 7) is 13.3. The molecule has 0 amide bonds. The Hall–Kier alpha value is -1.21. The van der Waals surface area contributed by atoms with Gasteiger partial charge in [-0.2, -0.15) is 0 Å². The zero-order valence-electron chi connectivity index (χ0n) is 29.5. The van der Waals surface area contributed by atoms with E-state index >= 15 is 0 Å². The first-order valence-electron chi connectivity index (χ1n) is 19.4. The average Bonchev–Trinajstić information content (AvgIpc) is 3.76. The van der Waals surface area contributed by atoms with Gasteiger partial charge in [0.05, 0.1) is 61.0 Å². The largest absolute Gasteiger partial charge is 0.378 e. The van der Waals surface area contributed by atoms with E-state index in [0.29, 0.717) is 31.6 Å². The SMILES string of the molecule is C=C1C[C@@H]2CC[C@@]34C[C@H]5O[C@@H]6[C@@H](O[C@H]7CC[C@H](CC(=O)C[C@@H]8[C@@H](OC)[C@@H](CC)O[C@H]8C[C@H]8O[C@@H](CC[C@@H]1O2)C[C@@H](C)C8=C)OC7[C@@H]6O3)[C@H]5O4. The van der Waals surface area contributed by atoms with Crippen LogP contribution in [0.25, 0.3) is 0 Å². The number of hydrogen-bond acceptors (Lipinski definition) is 10. The van der Waals surface area contributed by atoms with E-state index in [4.69, 9.17) is 42.6 Å². The Morgan fingerprint density at radius 3 is 2.33 bits per heavy atom. The maximum absolute atomic E-state index is 13.9. The molecular formula is C39H56O10.